The van der Waals surface area contributed by atoms with Gasteiger partial charge in [0, 0.05) is 18.7 Å². The fraction of sp³-hybridized carbons (Fsp3) is 0.462. The summed E-state index contributed by atoms with van der Waals surface area (Å²) in [5.41, 5.74) is 1.25. The van der Waals surface area contributed by atoms with Crippen LogP contribution >= 0.6 is 0 Å². The molecule has 102 valence electrons. The van der Waals surface area contributed by atoms with Gasteiger partial charge < -0.3 is 9.73 Å². The Bertz CT molecular complexity index is 583. The van der Waals surface area contributed by atoms with Gasteiger partial charge in [0.25, 0.3) is 5.91 Å². The highest BCUT2D eigenvalue weighted by Crippen LogP contribution is 2.15. The quantitative estimate of drug-likeness (QED) is 0.919. The smallest absolute Gasteiger partial charge is 0.293 e. The zero-order valence-electron chi connectivity index (χ0n) is 11.6. The summed E-state index contributed by atoms with van der Waals surface area (Å²) in [6.45, 7) is 7.73. The van der Waals surface area contributed by atoms with Crippen molar-refractivity contribution in [1.82, 2.24) is 14.8 Å². The van der Waals surface area contributed by atoms with Crippen molar-refractivity contribution in [3.63, 3.8) is 0 Å². The van der Waals surface area contributed by atoms with E-state index in [2.05, 4.69) is 15.4 Å². The molecule has 0 aliphatic heterocycles. The van der Waals surface area contributed by atoms with Gasteiger partial charge in [-0.15, -0.1) is 0 Å². The first-order chi connectivity index (χ1) is 9.01. The third-order valence-electron chi connectivity index (χ3n) is 2.74. The standard InChI is InChI=1S/C13H18N4O2/c1-5-11-15-9(4)12(19-11)13(18)16-10-6-14-17(7-10)8(2)3/h6-8H,5H2,1-4H3,(H,16,18). The number of aryl methyl sites for hydroxylation is 2. The van der Waals surface area contributed by atoms with Gasteiger partial charge in [-0.05, 0) is 20.8 Å². The lowest BCUT2D eigenvalue weighted by Crippen LogP contribution is -2.11. The maximum Gasteiger partial charge on any atom is 0.293 e. The number of anilines is 1. The molecule has 6 nitrogen and oxygen atoms in total. The minimum Gasteiger partial charge on any atom is -0.435 e. The van der Waals surface area contributed by atoms with Gasteiger partial charge in [0.15, 0.2) is 5.89 Å². The molecular weight excluding hydrogens is 244 g/mol. The molecule has 0 aliphatic rings. The Balaban J connectivity index is 2.13. The van der Waals surface area contributed by atoms with Gasteiger partial charge in [-0.1, -0.05) is 6.92 Å². The van der Waals surface area contributed by atoms with Gasteiger partial charge in [0.1, 0.15) is 0 Å². The maximum atomic E-state index is 12.1. The average Bonchev–Trinajstić information content (AvgIpc) is 2.95. The number of nitrogens with zero attached hydrogens (tertiary/aromatic N) is 3. The summed E-state index contributed by atoms with van der Waals surface area (Å²) in [6, 6.07) is 0.254. The Morgan fingerprint density at radius 2 is 2.26 bits per heavy atom. The van der Waals surface area contributed by atoms with Crippen LogP contribution in [0.1, 0.15) is 49.0 Å². The van der Waals surface area contributed by atoms with E-state index < -0.39 is 0 Å². The van der Waals surface area contributed by atoms with E-state index in [1.54, 1.807) is 24.0 Å². The molecule has 6 heteroatoms. The van der Waals surface area contributed by atoms with Gasteiger partial charge in [0.05, 0.1) is 17.6 Å². The summed E-state index contributed by atoms with van der Waals surface area (Å²) in [5, 5.41) is 6.92. The van der Waals surface area contributed by atoms with Crippen LogP contribution in [0.5, 0.6) is 0 Å². The molecule has 2 aromatic rings. The Morgan fingerprint density at radius 3 is 2.79 bits per heavy atom. The Hall–Kier alpha value is -2.11. The number of carbonyl (C=O) groups excluding carboxylic acids is 1. The Labute approximate surface area is 111 Å². The minimum absolute atomic E-state index is 0.254. The Kier molecular flexibility index (Phi) is 3.69. The molecule has 0 saturated heterocycles. The van der Waals surface area contributed by atoms with E-state index in [1.165, 1.54) is 0 Å². The molecule has 2 rings (SSSR count). The number of hydrogen-bond acceptors (Lipinski definition) is 4. The molecule has 0 spiro atoms. The van der Waals surface area contributed by atoms with Gasteiger partial charge in [-0.3, -0.25) is 9.48 Å². The second-order valence-corrected chi connectivity index (χ2v) is 4.63. The number of hydrogen-bond donors (Lipinski definition) is 1. The van der Waals surface area contributed by atoms with Gasteiger partial charge in [-0.2, -0.15) is 5.10 Å². The minimum atomic E-state index is -0.298. The predicted octanol–water partition coefficient (Wildman–Crippen LogP) is 2.58. The summed E-state index contributed by atoms with van der Waals surface area (Å²) >= 11 is 0. The van der Waals surface area contributed by atoms with Crippen LogP contribution in [0.3, 0.4) is 0 Å². The lowest BCUT2D eigenvalue weighted by molar-refractivity contribution is 0.0994. The normalized spacial score (nSPS) is 11.0. The van der Waals surface area contributed by atoms with Crippen molar-refractivity contribution >= 4 is 11.6 Å². The maximum absolute atomic E-state index is 12.1. The number of carbonyl (C=O) groups is 1. The van der Waals surface area contributed by atoms with E-state index in [9.17, 15) is 4.79 Å². The van der Waals surface area contributed by atoms with E-state index in [0.717, 1.165) is 0 Å². The summed E-state index contributed by atoms with van der Waals surface area (Å²) < 4.78 is 7.18. The molecule has 0 fully saturated rings. The summed E-state index contributed by atoms with van der Waals surface area (Å²) in [7, 11) is 0. The van der Waals surface area contributed by atoms with Crippen LogP contribution < -0.4 is 5.32 Å². The topological polar surface area (TPSA) is 73.0 Å². The molecule has 0 atom stereocenters. The van der Waals surface area contributed by atoms with Crippen molar-refractivity contribution in [1.29, 1.82) is 0 Å². The lowest BCUT2D eigenvalue weighted by atomic mass is 10.3. The van der Waals surface area contributed by atoms with Crippen LogP contribution in [0.4, 0.5) is 5.69 Å². The zero-order chi connectivity index (χ0) is 14.0. The van der Waals surface area contributed by atoms with Crippen LogP contribution in [-0.2, 0) is 6.42 Å². The number of aromatic nitrogens is 3. The second-order valence-electron chi connectivity index (χ2n) is 4.63. The van der Waals surface area contributed by atoms with Crippen molar-refractivity contribution in [3.05, 3.63) is 29.7 Å². The molecule has 2 heterocycles. The molecule has 1 amide bonds. The summed E-state index contributed by atoms with van der Waals surface area (Å²) in [4.78, 5) is 16.2. The highest BCUT2D eigenvalue weighted by atomic mass is 16.4. The number of oxazole rings is 1. The Morgan fingerprint density at radius 1 is 1.53 bits per heavy atom. The van der Waals surface area contributed by atoms with Gasteiger partial charge in [-0.25, -0.2) is 4.98 Å². The van der Waals surface area contributed by atoms with E-state index in [1.807, 2.05) is 20.8 Å². The number of amides is 1. The van der Waals surface area contributed by atoms with Crippen LogP contribution in [0.15, 0.2) is 16.8 Å². The van der Waals surface area contributed by atoms with E-state index in [0.29, 0.717) is 23.7 Å². The average molecular weight is 262 g/mol. The fourth-order valence-corrected chi connectivity index (χ4v) is 1.69. The molecule has 1 N–H and O–H groups in total. The monoisotopic (exact) mass is 262 g/mol. The van der Waals surface area contributed by atoms with Crippen molar-refractivity contribution < 1.29 is 9.21 Å². The first-order valence-electron chi connectivity index (χ1n) is 6.33. The first kappa shape index (κ1) is 13.3. The largest absolute Gasteiger partial charge is 0.435 e. The third kappa shape index (κ3) is 2.83. The van der Waals surface area contributed by atoms with E-state index in [4.69, 9.17) is 4.42 Å². The highest BCUT2D eigenvalue weighted by Gasteiger charge is 2.17. The number of rotatable bonds is 4. The SMILES string of the molecule is CCc1nc(C)c(C(=O)Nc2cnn(C(C)C)c2)o1. The summed E-state index contributed by atoms with van der Waals surface area (Å²) in [6.07, 6.45) is 4.07. The van der Waals surface area contributed by atoms with Crippen LogP contribution in [0.2, 0.25) is 0 Å². The molecule has 0 radical (unpaired) electrons. The molecular formula is C13H18N4O2. The first-order valence-corrected chi connectivity index (χ1v) is 6.33. The molecule has 0 aromatic carbocycles. The van der Waals surface area contributed by atoms with E-state index in [-0.39, 0.29) is 17.7 Å². The third-order valence-corrected chi connectivity index (χ3v) is 2.74. The van der Waals surface area contributed by atoms with Gasteiger partial charge in [0.2, 0.25) is 5.76 Å². The van der Waals surface area contributed by atoms with Crippen molar-refractivity contribution in [2.75, 3.05) is 5.32 Å². The summed E-state index contributed by atoms with van der Waals surface area (Å²) in [5.74, 6) is 0.530. The molecule has 0 bridgehead atoms. The van der Waals surface area contributed by atoms with Crippen LogP contribution in [0, 0.1) is 6.92 Å². The number of nitrogens with one attached hydrogen (secondary N) is 1. The predicted molar refractivity (Wildman–Crippen MR) is 71.2 cm³/mol. The molecule has 2 aromatic heterocycles. The fourth-order valence-electron chi connectivity index (χ4n) is 1.69. The van der Waals surface area contributed by atoms with Crippen molar-refractivity contribution in [2.45, 2.75) is 40.2 Å². The van der Waals surface area contributed by atoms with Gasteiger partial charge >= 0.3 is 0 Å². The van der Waals surface area contributed by atoms with E-state index >= 15 is 0 Å². The van der Waals surface area contributed by atoms with Crippen molar-refractivity contribution in [2.24, 2.45) is 0 Å². The van der Waals surface area contributed by atoms with Crippen molar-refractivity contribution in [3.8, 4) is 0 Å². The lowest BCUT2D eigenvalue weighted by Gasteiger charge is -2.03. The highest BCUT2D eigenvalue weighted by molar-refractivity contribution is 6.02. The molecule has 0 saturated carbocycles. The molecule has 19 heavy (non-hydrogen) atoms. The zero-order valence-corrected chi connectivity index (χ0v) is 11.6. The molecule has 0 unspecified atom stereocenters. The second kappa shape index (κ2) is 5.26. The van der Waals surface area contributed by atoms with Crippen LogP contribution in [-0.4, -0.2) is 20.7 Å². The van der Waals surface area contributed by atoms with Crippen LogP contribution in [0.25, 0.3) is 0 Å². The molecule has 0 aliphatic carbocycles.